The van der Waals surface area contributed by atoms with Gasteiger partial charge >= 0.3 is 71.1 Å². The summed E-state index contributed by atoms with van der Waals surface area (Å²) in [6, 6.07) is 0. The van der Waals surface area contributed by atoms with E-state index in [1.807, 2.05) is 0 Å². The number of hydrogen-bond donors (Lipinski definition) is 3. The van der Waals surface area contributed by atoms with Crippen molar-refractivity contribution in [2.75, 3.05) is 26.2 Å². The van der Waals surface area contributed by atoms with Gasteiger partial charge in [0, 0.05) is 19.5 Å². The summed E-state index contributed by atoms with van der Waals surface area (Å²) in [6.07, 6.45) is 5.16. The molecule has 0 aliphatic rings. The van der Waals surface area contributed by atoms with Crippen LogP contribution in [0.1, 0.15) is 55.2 Å². The summed E-state index contributed by atoms with van der Waals surface area (Å²) in [5.74, 6) is -2.21. The molecule has 0 rings (SSSR count). The van der Waals surface area contributed by atoms with Crippen LogP contribution in [0.25, 0.3) is 0 Å². The minimum atomic E-state index is -1.12. The maximum atomic E-state index is 11.7. The minimum absolute atomic E-state index is 0. The van der Waals surface area contributed by atoms with Crippen molar-refractivity contribution in [3.63, 3.8) is 0 Å². The van der Waals surface area contributed by atoms with E-state index >= 15 is 0 Å². The van der Waals surface area contributed by atoms with Gasteiger partial charge in [-0.15, -0.1) is 0 Å². The van der Waals surface area contributed by atoms with Gasteiger partial charge in [-0.1, -0.05) is 32.6 Å². The molecule has 8 nitrogen and oxygen atoms in total. The van der Waals surface area contributed by atoms with Crippen molar-refractivity contribution < 1.29 is 91.3 Å². The first-order valence-corrected chi connectivity index (χ1v) is 8.42. The SMILES string of the molecule is CCCCCCCC(=O)NCCN(CC(=O)O)C(C)OCC(=O)O.[H-].[H-].[Na+].[Na+]. The zero-order valence-corrected chi connectivity index (χ0v) is 20.6. The third-order valence-electron chi connectivity index (χ3n) is 3.53. The van der Waals surface area contributed by atoms with Crippen LogP contribution in [0.5, 0.6) is 0 Å². The average molecular weight is 394 g/mol. The Hall–Kier alpha value is 0.330. The maximum absolute atomic E-state index is 11.7. The summed E-state index contributed by atoms with van der Waals surface area (Å²) in [7, 11) is 0. The fraction of sp³-hybridized carbons (Fsp3) is 0.812. The molecule has 0 aromatic carbocycles. The Bertz CT molecular complexity index is 409. The largest absolute Gasteiger partial charge is 1.00 e. The third-order valence-corrected chi connectivity index (χ3v) is 3.53. The predicted molar refractivity (Wildman–Crippen MR) is 90.9 cm³/mol. The molecule has 0 aliphatic carbocycles. The third kappa shape index (κ3) is 19.1. The number of amides is 1. The molecule has 0 spiro atoms. The van der Waals surface area contributed by atoms with E-state index in [0.717, 1.165) is 25.7 Å². The zero-order chi connectivity index (χ0) is 18.4. The molecule has 0 heterocycles. The van der Waals surface area contributed by atoms with Gasteiger partial charge in [0.15, 0.2) is 0 Å². The molecule has 0 bridgehead atoms. The first kappa shape index (κ1) is 31.0. The molecule has 3 N–H and O–H groups in total. The second-order valence-corrected chi connectivity index (χ2v) is 5.68. The Morgan fingerprint density at radius 2 is 1.69 bits per heavy atom. The molecule has 1 unspecified atom stereocenters. The van der Waals surface area contributed by atoms with Gasteiger partial charge in [0.1, 0.15) is 12.8 Å². The standard InChI is InChI=1S/C16H30N2O6.2Na.2H/c1-3-4-5-6-7-8-14(19)17-9-10-18(11-15(20)21)13(2)24-12-16(22)23;;;;/h13H,3-12H2,1-2H3,(H,17,19)(H,20,21)(H,22,23);;;;/q;2*+1;2*-1. The van der Waals surface area contributed by atoms with Crippen molar-refractivity contribution in [3.05, 3.63) is 0 Å². The van der Waals surface area contributed by atoms with Crippen LogP contribution in [0, 0.1) is 0 Å². The molecule has 1 amide bonds. The predicted octanol–water partition coefficient (Wildman–Crippen LogP) is -4.47. The second kappa shape index (κ2) is 20.1. The van der Waals surface area contributed by atoms with Gasteiger partial charge in [-0.05, 0) is 13.3 Å². The van der Waals surface area contributed by atoms with Gasteiger partial charge in [0.25, 0.3) is 0 Å². The molecule has 144 valence electrons. The fourth-order valence-electron chi connectivity index (χ4n) is 2.18. The van der Waals surface area contributed by atoms with Crippen LogP contribution in [-0.2, 0) is 19.1 Å². The summed E-state index contributed by atoms with van der Waals surface area (Å²) in [4.78, 5) is 34.6. The number of ether oxygens (including phenoxy) is 1. The number of unbranched alkanes of at least 4 members (excludes halogenated alkanes) is 4. The molecule has 0 fully saturated rings. The van der Waals surface area contributed by atoms with Gasteiger partial charge in [-0.3, -0.25) is 14.5 Å². The molecule has 0 aromatic heterocycles. The van der Waals surface area contributed by atoms with Gasteiger partial charge in [-0.25, -0.2) is 4.79 Å². The van der Waals surface area contributed by atoms with Gasteiger partial charge in [-0.2, -0.15) is 0 Å². The van der Waals surface area contributed by atoms with E-state index in [9.17, 15) is 14.4 Å². The Morgan fingerprint density at radius 1 is 1.08 bits per heavy atom. The number of carbonyl (C=O) groups is 3. The molecular formula is C16H32N2Na2O6. The molecule has 0 radical (unpaired) electrons. The monoisotopic (exact) mass is 394 g/mol. The number of aliphatic carboxylic acids is 2. The van der Waals surface area contributed by atoms with Gasteiger partial charge < -0.3 is 23.1 Å². The van der Waals surface area contributed by atoms with E-state index in [-0.39, 0.29) is 81.0 Å². The second-order valence-electron chi connectivity index (χ2n) is 5.68. The van der Waals surface area contributed by atoms with Crippen molar-refractivity contribution in [1.82, 2.24) is 10.2 Å². The van der Waals surface area contributed by atoms with Crippen LogP contribution < -0.4 is 64.4 Å². The topological polar surface area (TPSA) is 116 Å². The van der Waals surface area contributed by atoms with E-state index in [1.54, 1.807) is 6.92 Å². The first-order chi connectivity index (χ1) is 11.4. The van der Waals surface area contributed by atoms with Crippen molar-refractivity contribution >= 4 is 17.8 Å². The van der Waals surface area contributed by atoms with Crippen LogP contribution >= 0.6 is 0 Å². The molecule has 0 aromatic rings. The number of carboxylic acids is 2. The number of nitrogens with one attached hydrogen (secondary N) is 1. The number of nitrogens with zero attached hydrogens (tertiary/aromatic N) is 1. The van der Waals surface area contributed by atoms with E-state index < -0.39 is 24.8 Å². The zero-order valence-electron chi connectivity index (χ0n) is 18.6. The summed E-state index contributed by atoms with van der Waals surface area (Å²) < 4.78 is 5.08. The van der Waals surface area contributed by atoms with E-state index in [1.165, 1.54) is 11.3 Å². The molecule has 0 aliphatic heterocycles. The first-order valence-electron chi connectivity index (χ1n) is 8.42. The number of carbonyl (C=O) groups excluding carboxylic acids is 1. The number of carboxylic acid groups (broad SMARTS) is 2. The summed E-state index contributed by atoms with van der Waals surface area (Å²) >= 11 is 0. The van der Waals surface area contributed by atoms with E-state index in [2.05, 4.69) is 12.2 Å². The maximum Gasteiger partial charge on any atom is 1.00 e. The van der Waals surface area contributed by atoms with Crippen LogP contribution in [0.3, 0.4) is 0 Å². The normalized spacial score (nSPS) is 11.2. The Labute approximate surface area is 203 Å². The molecule has 26 heavy (non-hydrogen) atoms. The quantitative estimate of drug-likeness (QED) is 0.146. The molecule has 10 heteroatoms. The summed E-state index contributed by atoms with van der Waals surface area (Å²) in [6.45, 7) is 3.50. The Balaban J connectivity index is -0.000000441. The van der Waals surface area contributed by atoms with Gasteiger partial charge in [0.05, 0.1) is 6.54 Å². The average Bonchev–Trinajstić information content (AvgIpc) is 2.51. The van der Waals surface area contributed by atoms with E-state index in [4.69, 9.17) is 14.9 Å². The number of rotatable bonds is 15. The summed E-state index contributed by atoms with van der Waals surface area (Å²) in [5, 5.41) is 20.3. The number of hydrogen-bond acceptors (Lipinski definition) is 5. The van der Waals surface area contributed by atoms with E-state index in [0.29, 0.717) is 13.0 Å². The molecule has 0 saturated carbocycles. The molecule has 0 saturated heterocycles. The molecule has 1 atom stereocenters. The minimum Gasteiger partial charge on any atom is -1.00 e. The van der Waals surface area contributed by atoms with Crippen LogP contribution in [0.4, 0.5) is 0 Å². The van der Waals surface area contributed by atoms with Crippen molar-refractivity contribution in [2.24, 2.45) is 0 Å². The van der Waals surface area contributed by atoms with Crippen LogP contribution in [0.15, 0.2) is 0 Å². The fourth-order valence-corrected chi connectivity index (χ4v) is 2.18. The van der Waals surface area contributed by atoms with Crippen molar-refractivity contribution in [2.45, 2.75) is 58.6 Å². The molecular weight excluding hydrogens is 362 g/mol. The Morgan fingerprint density at radius 3 is 2.23 bits per heavy atom. The van der Waals surface area contributed by atoms with Gasteiger partial charge in [0.2, 0.25) is 5.91 Å². The smallest absolute Gasteiger partial charge is 1.00 e. The summed E-state index contributed by atoms with van der Waals surface area (Å²) in [5.41, 5.74) is 0. The Kier molecular flexibility index (Phi) is 24.0. The van der Waals surface area contributed by atoms with Crippen molar-refractivity contribution in [1.29, 1.82) is 0 Å². The van der Waals surface area contributed by atoms with Crippen LogP contribution in [0.2, 0.25) is 0 Å². The van der Waals surface area contributed by atoms with Crippen LogP contribution in [-0.4, -0.2) is 65.4 Å². The van der Waals surface area contributed by atoms with Crippen molar-refractivity contribution in [3.8, 4) is 0 Å².